The van der Waals surface area contributed by atoms with E-state index < -0.39 is 0 Å². The van der Waals surface area contributed by atoms with Crippen molar-refractivity contribution in [2.75, 3.05) is 11.4 Å². The van der Waals surface area contributed by atoms with Gasteiger partial charge in [-0.15, -0.1) is 0 Å². The Bertz CT molecular complexity index is 575. The molecule has 1 saturated carbocycles. The second-order valence-corrected chi connectivity index (χ2v) is 8.13. The highest BCUT2D eigenvalue weighted by Gasteiger charge is 2.31. The number of anilines is 1. The van der Waals surface area contributed by atoms with Gasteiger partial charge in [-0.3, -0.25) is 4.79 Å². The summed E-state index contributed by atoms with van der Waals surface area (Å²) < 4.78 is 0. The molecule has 1 amide bonds. The minimum absolute atomic E-state index is 0.226. The number of nitrogens with two attached hydrogens (primary N) is 1. The summed E-state index contributed by atoms with van der Waals surface area (Å²) in [6.07, 6.45) is 8.85. The van der Waals surface area contributed by atoms with E-state index in [0.717, 1.165) is 44.3 Å². The Labute approximate surface area is 146 Å². The molecule has 1 aromatic rings. The minimum atomic E-state index is 0.226. The smallest absolute Gasteiger partial charge is 0.230 e. The molecule has 0 radical (unpaired) electrons. The van der Waals surface area contributed by atoms with Gasteiger partial charge in [0.1, 0.15) is 0 Å². The number of rotatable bonds is 5. The van der Waals surface area contributed by atoms with E-state index in [-0.39, 0.29) is 12.0 Å². The molecule has 1 aliphatic heterocycles. The minimum Gasteiger partial charge on any atom is -0.327 e. The SMILES string of the molecule is CC(C)CC(N)Cc1ccc2c(c1)CCN2C(=O)C1CCCCC1. The van der Waals surface area contributed by atoms with E-state index in [4.69, 9.17) is 5.73 Å². The van der Waals surface area contributed by atoms with E-state index >= 15 is 0 Å². The zero-order valence-corrected chi connectivity index (χ0v) is 15.3. The van der Waals surface area contributed by atoms with Crippen molar-refractivity contribution in [2.24, 2.45) is 17.6 Å². The molecule has 3 rings (SSSR count). The summed E-state index contributed by atoms with van der Waals surface area (Å²) >= 11 is 0. The van der Waals surface area contributed by atoms with Gasteiger partial charge in [-0.1, -0.05) is 45.2 Å². The zero-order valence-electron chi connectivity index (χ0n) is 15.3. The fourth-order valence-corrected chi connectivity index (χ4v) is 4.37. The van der Waals surface area contributed by atoms with Gasteiger partial charge in [0.15, 0.2) is 0 Å². The van der Waals surface area contributed by atoms with Crippen molar-refractivity contribution in [3.05, 3.63) is 29.3 Å². The first-order valence-electron chi connectivity index (χ1n) is 9.73. The lowest BCUT2D eigenvalue weighted by Crippen LogP contribution is -2.35. The van der Waals surface area contributed by atoms with Crippen LogP contribution in [0.4, 0.5) is 5.69 Å². The molecule has 3 heteroatoms. The molecule has 2 N–H and O–H groups in total. The Hall–Kier alpha value is -1.35. The van der Waals surface area contributed by atoms with Gasteiger partial charge in [-0.05, 0) is 55.2 Å². The molecule has 1 heterocycles. The standard InChI is InChI=1S/C21H32N2O/c1-15(2)12-19(22)14-16-8-9-20-18(13-16)10-11-23(20)21(24)17-6-4-3-5-7-17/h8-9,13,15,17,19H,3-7,10-12,14,22H2,1-2H3. The van der Waals surface area contributed by atoms with Crippen molar-refractivity contribution in [1.29, 1.82) is 0 Å². The van der Waals surface area contributed by atoms with E-state index in [2.05, 4.69) is 32.0 Å². The summed E-state index contributed by atoms with van der Waals surface area (Å²) in [6, 6.07) is 6.83. The molecule has 1 atom stereocenters. The van der Waals surface area contributed by atoms with Crippen LogP contribution in [0.5, 0.6) is 0 Å². The van der Waals surface area contributed by atoms with Gasteiger partial charge in [0.05, 0.1) is 0 Å². The van der Waals surface area contributed by atoms with Crippen molar-refractivity contribution < 1.29 is 4.79 Å². The number of carbonyl (C=O) groups is 1. The van der Waals surface area contributed by atoms with Gasteiger partial charge in [-0.2, -0.15) is 0 Å². The zero-order chi connectivity index (χ0) is 17.1. The Morgan fingerprint density at radius 2 is 2.00 bits per heavy atom. The quantitative estimate of drug-likeness (QED) is 0.885. The highest BCUT2D eigenvalue weighted by atomic mass is 16.2. The number of carbonyl (C=O) groups excluding carboxylic acids is 1. The molecule has 1 aromatic carbocycles. The van der Waals surface area contributed by atoms with Gasteiger partial charge in [0.25, 0.3) is 0 Å². The van der Waals surface area contributed by atoms with Crippen LogP contribution in [0.25, 0.3) is 0 Å². The van der Waals surface area contributed by atoms with Crippen molar-refractivity contribution in [3.8, 4) is 0 Å². The van der Waals surface area contributed by atoms with E-state index in [1.165, 1.54) is 30.4 Å². The van der Waals surface area contributed by atoms with Crippen LogP contribution in [0.15, 0.2) is 18.2 Å². The fraction of sp³-hybridized carbons (Fsp3) is 0.667. The number of fused-ring (bicyclic) bond motifs is 1. The predicted molar refractivity (Wildman–Crippen MR) is 100 cm³/mol. The molecular formula is C21H32N2O. The van der Waals surface area contributed by atoms with Crippen molar-refractivity contribution in [3.63, 3.8) is 0 Å². The van der Waals surface area contributed by atoms with Crippen LogP contribution in [-0.4, -0.2) is 18.5 Å². The highest BCUT2D eigenvalue weighted by Crippen LogP contribution is 2.33. The summed E-state index contributed by atoms with van der Waals surface area (Å²) in [4.78, 5) is 14.9. The molecule has 132 valence electrons. The molecule has 1 fully saturated rings. The van der Waals surface area contributed by atoms with Gasteiger partial charge in [0, 0.05) is 24.2 Å². The lowest BCUT2D eigenvalue weighted by Gasteiger charge is -2.26. The van der Waals surface area contributed by atoms with Crippen LogP contribution in [0, 0.1) is 11.8 Å². The molecule has 3 nitrogen and oxygen atoms in total. The molecular weight excluding hydrogens is 296 g/mol. The maximum atomic E-state index is 12.9. The van der Waals surface area contributed by atoms with Crippen molar-refractivity contribution >= 4 is 11.6 Å². The average Bonchev–Trinajstić information content (AvgIpc) is 2.97. The van der Waals surface area contributed by atoms with Crippen LogP contribution in [-0.2, 0) is 17.6 Å². The van der Waals surface area contributed by atoms with Crippen molar-refractivity contribution in [1.82, 2.24) is 0 Å². The lowest BCUT2D eigenvalue weighted by molar-refractivity contribution is -0.123. The average molecular weight is 329 g/mol. The van der Waals surface area contributed by atoms with Gasteiger partial charge >= 0.3 is 0 Å². The van der Waals surface area contributed by atoms with Crippen LogP contribution in [0.1, 0.15) is 63.5 Å². The molecule has 2 aliphatic rings. The van der Waals surface area contributed by atoms with Crippen LogP contribution in [0.3, 0.4) is 0 Å². The first kappa shape index (κ1) is 17.5. The number of hydrogen-bond donors (Lipinski definition) is 1. The third kappa shape index (κ3) is 4.00. The number of benzene rings is 1. The van der Waals surface area contributed by atoms with Gasteiger partial charge in [-0.25, -0.2) is 0 Å². The summed E-state index contributed by atoms with van der Waals surface area (Å²) in [6.45, 7) is 5.29. The molecule has 0 saturated heterocycles. The third-order valence-corrected chi connectivity index (χ3v) is 5.53. The second-order valence-electron chi connectivity index (χ2n) is 8.13. The first-order chi connectivity index (χ1) is 11.5. The normalized spacial score (nSPS) is 19.6. The van der Waals surface area contributed by atoms with Gasteiger partial charge in [0.2, 0.25) is 5.91 Å². The number of nitrogens with zero attached hydrogens (tertiary/aromatic N) is 1. The Morgan fingerprint density at radius 3 is 2.71 bits per heavy atom. The second kappa shape index (κ2) is 7.69. The molecule has 1 unspecified atom stereocenters. The highest BCUT2D eigenvalue weighted by molar-refractivity contribution is 5.97. The van der Waals surface area contributed by atoms with E-state index in [0.29, 0.717) is 11.8 Å². The van der Waals surface area contributed by atoms with E-state index in [1.54, 1.807) is 0 Å². The van der Waals surface area contributed by atoms with Crippen LogP contribution in [0.2, 0.25) is 0 Å². The lowest BCUT2D eigenvalue weighted by atomic mass is 9.88. The first-order valence-corrected chi connectivity index (χ1v) is 9.73. The molecule has 0 spiro atoms. The van der Waals surface area contributed by atoms with Crippen LogP contribution >= 0.6 is 0 Å². The molecule has 0 aromatic heterocycles. The van der Waals surface area contributed by atoms with Crippen LogP contribution < -0.4 is 10.6 Å². The Morgan fingerprint density at radius 1 is 1.25 bits per heavy atom. The molecule has 24 heavy (non-hydrogen) atoms. The summed E-state index contributed by atoms with van der Waals surface area (Å²) in [7, 11) is 0. The fourth-order valence-electron chi connectivity index (χ4n) is 4.37. The monoisotopic (exact) mass is 328 g/mol. The third-order valence-electron chi connectivity index (χ3n) is 5.53. The Balaban J connectivity index is 1.67. The van der Waals surface area contributed by atoms with Gasteiger partial charge < -0.3 is 10.6 Å². The Kier molecular flexibility index (Phi) is 5.60. The number of amides is 1. The topological polar surface area (TPSA) is 46.3 Å². The molecule has 0 bridgehead atoms. The molecule has 1 aliphatic carbocycles. The van der Waals surface area contributed by atoms with Crippen molar-refractivity contribution in [2.45, 2.75) is 71.3 Å². The predicted octanol–water partition coefficient (Wildman–Crippen LogP) is 4.07. The summed E-state index contributed by atoms with van der Waals surface area (Å²) in [5.41, 5.74) is 10.0. The summed E-state index contributed by atoms with van der Waals surface area (Å²) in [5.74, 6) is 1.25. The maximum Gasteiger partial charge on any atom is 0.230 e. The number of hydrogen-bond acceptors (Lipinski definition) is 2. The largest absolute Gasteiger partial charge is 0.327 e. The van der Waals surface area contributed by atoms with E-state index in [9.17, 15) is 4.79 Å². The van der Waals surface area contributed by atoms with E-state index in [1.807, 2.05) is 4.90 Å². The maximum absolute atomic E-state index is 12.9. The summed E-state index contributed by atoms with van der Waals surface area (Å²) in [5, 5.41) is 0.